The SMILES string of the molecule is CC(C)C(C)(O)CNC(=O)C1(c2ccc(Cl)cc2)CC1. The Bertz CT molecular complexity index is 490. The van der Waals surface area contributed by atoms with Crippen LogP contribution < -0.4 is 5.32 Å². The maximum absolute atomic E-state index is 12.4. The van der Waals surface area contributed by atoms with Gasteiger partial charge in [-0.25, -0.2) is 0 Å². The zero-order valence-corrected chi connectivity index (χ0v) is 13.0. The van der Waals surface area contributed by atoms with Gasteiger partial charge in [0.15, 0.2) is 0 Å². The van der Waals surface area contributed by atoms with Crippen LogP contribution >= 0.6 is 11.6 Å². The number of carbonyl (C=O) groups is 1. The highest BCUT2D eigenvalue weighted by Crippen LogP contribution is 2.48. The largest absolute Gasteiger partial charge is 0.388 e. The second-order valence-electron chi connectivity index (χ2n) is 6.28. The third-order valence-corrected chi connectivity index (χ3v) is 4.68. The normalized spacial score (nSPS) is 19.5. The van der Waals surface area contributed by atoms with Crippen LogP contribution in [0.15, 0.2) is 24.3 Å². The van der Waals surface area contributed by atoms with Crippen molar-refractivity contribution in [2.24, 2.45) is 5.92 Å². The Hall–Kier alpha value is -1.06. The third kappa shape index (κ3) is 2.99. The molecule has 2 rings (SSSR count). The van der Waals surface area contributed by atoms with E-state index in [1.54, 1.807) is 6.92 Å². The second-order valence-corrected chi connectivity index (χ2v) is 6.72. The summed E-state index contributed by atoms with van der Waals surface area (Å²) < 4.78 is 0. The molecule has 4 heteroatoms. The molecule has 1 aromatic rings. The fourth-order valence-corrected chi connectivity index (χ4v) is 2.30. The molecule has 0 spiro atoms. The van der Waals surface area contributed by atoms with Crippen LogP contribution in [-0.2, 0) is 10.2 Å². The molecular formula is C16H22ClNO2. The Kier molecular flexibility index (Phi) is 4.12. The van der Waals surface area contributed by atoms with Crippen LogP contribution in [0.4, 0.5) is 0 Å². The van der Waals surface area contributed by atoms with Gasteiger partial charge in [0.1, 0.15) is 0 Å². The Morgan fingerprint density at radius 1 is 1.40 bits per heavy atom. The lowest BCUT2D eigenvalue weighted by Gasteiger charge is -2.29. The summed E-state index contributed by atoms with van der Waals surface area (Å²) in [4.78, 5) is 12.4. The van der Waals surface area contributed by atoms with Crippen molar-refractivity contribution in [3.8, 4) is 0 Å². The molecule has 0 bridgehead atoms. The first kappa shape index (κ1) is 15.3. The average molecular weight is 296 g/mol. The number of halogens is 1. The van der Waals surface area contributed by atoms with Crippen molar-refractivity contribution in [2.45, 2.75) is 44.6 Å². The smallest absolute Gasteiger partial charge is 0.230 e. The van der Waals surface area contributed by atoms with Gasteiger partial charge in [-0.15, -0.1) is 0 Å². The first-order valence-electron chi connectivity index (χ1n) is 7.05. The summed E-state index contributed by atoms with van der Waals surface area (Å²) in [6, 6.07) is 7.45. The molecule has 110 valence electrons. The first-order valence-corrected chi connectivity index (χ1v) is 7.42. The molecule has 1 aliphatic carbocycles. The summed E-state index contributed by atoms with van der Waals surface area (Å²) >= 11 is 5.88. The van der Waals surface area contributed by atoms with E-state index < -0.39 is 11.0 Å². The molecule has 1 saturated carbocycles. The minimum Gasteiger partial charge on any atom is -0.388 e. The highest BCUT2D eigenvalue weighted by Gasteiger charge is 2.51. The topological polar surface area (TPSA) is 49.3 Å². The van der Waals surface area contributed by atoms with Gasteiger partial charge in [-0.2, -0.15) is 0 Å². The maximum Gasteiger partial charge on any atom is 0.230 e. The fourth-order valence-electron chi connectivity index (χ4n) is 2.17. The van der Waals surface area contributed by atoms with Crippen LogP contribution in [0.3, 0.4) is 0 Å². The summed E-state index contributed by atoms with van der Waals surface area (Å²) in [6.45, 7) is 5.91. The molecule has 0 radical (unpaired) electrons. The van der Waals surface area contributed by atoms with E-state index >= 15 is 0 Å². The first-order chi connectivity index (χ1) is 9.28. The van der Waals surface area contributed by atoms with Crippen molar-refractivity contribution >= 4 is 17.5 Å². The van der Waals surface area contributed by atoms with Gasteiger partial charge in [0, 0.05) is 11.6 Å². The molecule has 0 aliphatic heterocycles. The van der Waals surface area contributed by atoms with E-state index in [0.717, 1.165) is 18.4 Å². The Labute approximate surface area is 125 Å². The predicted molar refractivity (Wildman–Crippen MR) is 80.8 cm³/mol. The zero-order chi connectivity index (χ0) is 15.0. The minimum absolute atomic E-state index is 0.000692. The van der Waals surface area contributed by atoms with E-state index in [0.29, 0.717) is 5.02 Å². The lowest BCUT2D eigenvalue weighted by atomic mass is 9.91. The second kappa shape index (κ2) is 5.38. The van der Waals surface area contributed by atoms with E-state index in [2.05, 4.69) is 5.32 Å². The lowest BCUT2D eigenvalue weighted by Crippen LogP contribution is -2.47. The molecule has 1 aliphatic rings. The number of carbonyl (C=O) groups excluding carboxylic acids is 1. The van der Waals surface area contributed by atoms with Crippen LogP contribution in [0.1, 0.15) is 39.2 Å². The van der Waals surface area contributed by atoms with Gasteiger partial charge >= 0.3 is 0 Å². The number of nitrogens with one attached hydrogen (secondary N) is 1. The molecule has 1 unspecified atom stereocenters. The van der Waals surface area contributed by atoms with Crippen LogP contribution in [0, 0.1) is 5.92 Å². The molecule has 20 heavy (non-hydrogen) atoms. The van der Waals surface area contributed by atoms with Gasteiger partial charge in [0.2, 0.25) is 5.91 Å². The standard InChI is InChI=1S/C16H22ClNO2/c1-11(2)15(3,20)10-18-14(19)16(8-9-16)12-4-6-13(17)7-5-12/h4-7,11,20H,8-10H2,1-3H3,(H,18,19). The van der Waals surface area contributed by atoms with E-state index in [1.807, 2.05) is 38.1 Å². The van der Waals surface area contributed by atoms with Gasteiger partial charge in [-0.05, 0) is 43.4 Å². The van der Waals surface area contributed by atoms with Gasteiger partial charge in [-0.3, -0.25) is 4.79 Å². The van der Waals surface area contributed by atoms with Crippen LogP contribution in [0.5, 0.6) is 0 Å². The van der Waals surface area contributed by atoms with E-state index in [1.165, 1.54) is 0 Å². The van der Waals surface area contributed by atoms with E-state index in [-0.39, 0.29) is 18.4 Å². The lowest BCUT2D eigenvalue weighted by molar-refractivity contribution is -0.125. The minimum atomic E-state index is -0.883. The summed E-state index contributed by atoms with van der Waals surface area (Å²) in [5.41, 5.74) is -0.299. The van der Waals surface area contributed by atoms with E-state index in [9.17, 15) is 9.90 Å². The molecule has 1 fully saturated rings. The number of aliphatic hydroxyl groups is 1. The summed E-state index contributed by atoms with van der Waals surface area (Å²) in [6.07, 6.45) is 1.70. The molecule has 3 nitrogen and oxygen atoms in total. The number of hydrogen-bond acceptors (Lipinski definition) is 2. The summed E-state index contributed by atoms with van der Waals surface area (Å²) in [7, 11) is 0. The highest BCUT2D eigenvalue weighted by atomic mass is 35.5. The Morgan fingerprint density at radius 3 is 2.40 bits per heavy atom. The highest BCUT2D eigenvalue weighted by molar-refractivity contribution is 6.30. The Morgan fingerprint density at radius 2 is 1.95 bits per heavy atom. The van der Waals surface area contributed by atoms with Crippen molar-refractivity contribution in [1.82, 2.24) is 5.32 Å². The maximum atomic E-state index is 12.4. The molecule has 1 aromatic carbocycles. The van der Waals surface area contributed by atoms with Gasteiger partial charge in [0.25, 0.3) is 0 Å². The summed E-state index contributed by atoms with van der Waals surface area (Å²) in [5, 5.41) is 13.8. The van der Waals surface area contributed by atoms with Crippen molar-refractivity contribution in [3.05, 3.63) is 34.9 Å². The third-order valence-electron chi connectivity index (χ3n) is 4.43. The van der Waals surface area contributed by atoms with E-state index in [4.69, 9.17) is 11.6 Å². The molecule has 2 N–H and O–H groups in total. The number of hydrogen-bond donors (Lipinski definition) is 2. The van der Waals surface area contributed by atoms with Crippen LogP contribution in [0.2, 0.25) is 5.02 Å². The number of benzene rings is 1. The Balaban J connectivity index is 2.04. The van der Waals surface area contributed by atoms with Crippen molar-refractivity contribution < 1.29 is 9.90 Å². The molecule has 0 heterocycles. The summed E-state index contributed by atoms with van der Waals surface area (Å²) in [5.74, 6) is 0.0919. The number of amides is 1. The number of rotatable bonds is 5. The fraction of sp³-hybridized carbons (Fsp3) is 0.562. The van der Waals surface area contributed by atoms with Gasteiger partial charge in [0.05, 0.1) is 11.0 Å². The monoisotopic (exact) mass is 295 g/mol. The molecular weight excluding hydrogens is 274 g/mol. The zero-order valence-electron chi connectivity index (χ0n) is 12.2. The van der Waals surface area contributed by atoms with Crippen LogP contribution in [0.25, 0.3) is 0 Å². The van der Waals surface area contributed by atoms with Gasteiger partial charge < -0.3 is 10.4 Å². The van der Waals surface area contributed by atoms with Crippen molar-refractivity contribution in [2.75, 3.05) is 6.54 Å². The average Bonchev–Trinajstić information content (AvgIpc) is 3.18. The predicted octanol–water partition coefficient (Wildman–Crippen LogP) is 2.89. The molecule has 0 saturated heterocycles. The van der Waals surface area contributed by atoms with Crippen LogP contribution in [-0.4, -0.2) is 23.2 Å². The molecule has 0 aromatic heterocycles. The van der Waals surface area contributed by atoms with Crippen molar-refractivity contribution in [3.63, 3.8) is 0 Å². The van der Waals surface area contributed by atoms with Crippen molar-refractivity contribution in [1.29, 1.82) is 0 Å². The quantitative estimate of drug-likeness (QED) is 0.877. The van der Waals surface area contributed by atoms with Gasteiger partial charge in [-0.1, -0.05) is 37.6 Å². The molecule has 1 atom stereocenters. The molecule has 1 amide bonds.